The Bertz CT molecular complexity index is 441. The number of aliphatic hydroxyl groups is 1. The molecule has 0 aliphatic heterocycles. The van der Waals surface area contributed by atoms with E-state index < -0.39 is 54.5 Å². The van der Waals surface area contributed by atoms with Gasteiger partial charge in [0.1, 0.15) is 24.2 Å². The van der Waals surface area contributed by atoms with Crippen LogP contribution in [0.3, 0.4) is 0 Å². The van der Waals surface area contributed by atoms with Crippen molar-refractivity contribution in [3.05, 3.63) is 0 Å². The van der Waals surface area contributed by atoms with E-state index in [1.165, 1.54) is 20.8 Å². The van der Waals surface area contributed by atoms with Crippen molar-refractivity contribution in [2.75, 3.05) is 6.61 Å². The fraction of sp³-hybridized carbons (Fsp3) is 0.667. The largest absolute Gasteiger partial charge is 0.480 e. The number of nitrogens with one attached hydrogen (secondary N) is 3. The molecule has 0 bridgehead atoms. The fourth-order valence-electron chi connectivity index (χ4n) is 1.27. The van der Waals surface area contributed by atoms with Crippen molar-refractivity contribution in [2.45, 2.75) is 44.9 Å². The predicted molar refractivity (Wildman–Crippen MR) is 75.5 cm³/mol. The van der Waals surface area contributed by atoms with Gasteiger partial charge in [-0.25, -0.2) is 0 Å². The maximum Gasteiger partial charge on any atom is 0.325 e. The molecule has 0 fully saturated rings. The van der Waals surface area contributed by atoms with Gasteiger partial charge in [-0.1, -0.05) is 0 Å². The molecule has 0 unspecified atom stereocenters. The number of amides is 3. The Labute approximate surface area is 127 Å². The number of hydrogen-bond acceptors (Lipinski definition) is 6. The molecule has 3 amide bonds. The quantitative estimate of drug-likeness (QED) is 0.275. The first-order valence-electron chi connectivity index (χ1n) is 6.60. The van der Waals surface area contributed by atoms with Gasteiger partial charge in [-0.3, -0.25) is 19.2 Å². The standard InChI is InChI=1S/C12H22N4O6/c1-5(10(19)16-7(3)12(21)22)14-9(18)6(2)15-11(20)8(13)4-17/h5-8,17H,4,13H2,1-3H3,(H,14,18)(H,15,20)(H,16,19)(H,21,22)/t5-,6-,7-,8-/m0/s1. The minimum Gasteiger partial charge on any atom is -0.480 e. The van der Waals surface area contributed by atoms with Gasteiger partial charge in [0.15, 0.2) is 0 Å². The normalized spacial score (nSPS) is 15.9. The molecular formula is C12H22N4O6. The summed E-state index contributed by atoms with van der Waals surface area (Å²) in [5.41, 5.74) is 5.28. The molecule has 0 aliphatic rings. The average Bonchev–Trinajstić information content (AvgIpc) is 2.45. The second-order valence-corrected chi connectivity index (χ2v) is 4.82. The van der Waals surface area contributed by atoms with E-state index >= 15 is 0 Å². The van der Waals surface area contributed by atoms with Crippen LogP contribution >= 0.6 is 0 Å². The van der Waals surface area contributed by atoms with Gasteiger partial charge in [0.05, 0.1) is 6.61 Å². The third-order valence-electron chi connectivity index (χ3n) is 2.77. The number of carbonyl (C=O) groups is 4. The lowest BCUT2D eigenvalue weighted by atomic mass is 10.2. The van der Waals surface area contributed by atoms with Crippen molar-refractivity contribution >= 4 is 23.7 Å². The van der Waals surface area contributed by atoms with Crippen LogP contribution in [-0.4, -0.2) is 64.7 Å². The number of aliphatic carboxylic acids is 1. The second-order valence-electron chi connectivity index (χ2n) is 4.82. The van der Waals surface area contributed by atoms with E-state index in [9.17, 15) is 19.2 Å². The number of hydrogen-bond donors (Lipinski definition) is 6. The first-order chi connectivity index (χ1) is 10.1. The van der Waals surface area contributed by atoms with Crippen LogP contribution in [0.15, 0.2) is 0 Å². The Hall–Kier alpha value is -2.20. The molecule has 0 heterocycles. The first-order valence-corrected chi connectivity index (χ1v) is 6.60. The SMILES string of the molecule is C[C@H](NC(=O)[C@H](C)NC(=O)[C@H](C)NC(=O)[C@@H](N)CO)C(=O)O. The zero-order valence-electron chi connectivity index (χ0n) is 12.6. The molecule has 10 heteroatoms. The molecule has 126 valence electrons. The highest BCUT2D eigenvalue weighted by molar-refractivity contribution is 5.93. The highest BCUT2D eigenvalue weighted by Crippen LogP contribution is 1.91. The van der Waals surface area contributed by atoms with Crippen LogP contribution < -0.4 is 21.7 Å². The van der Waals surface area contributed by atoms with Crippen LogP contribution in [0.4, 0.5) is 0 Å². The maximum absolute atomic E-state index is 11.8. The van der Waals surface area contributed by atoms with Gasteiger partial charge < -0.3 is 31.9 Å². The molecule has 0 aromatic rings. The topological polar surface area (TPSA) is 171 Å². The summed E-state index contributed by atoms with van der Waals surface area (Å²) >= 11 is 0. The lowest BCUT2D eigenvalue weighted by Gasteiger charge is -2.20. The van der Waals surface area contributed by atoms with Gasteiger partial charge in [0, 0.05) is 0 Å². The summed E-state index contributed by atoms with van der Waals surface area (Å²) in [6.07, 6.45) is 0. The van der Waals surface area contributed by atoms with Crippen LogP contribution in [-0.2, 0) is 19.2 Å². The summed E-state index contributed by atoms with van der Waals surface area (Å²) < 4.78 is 0. The van der Waals surface area contributed by atoms with Crippen molar-refractivity contribution in [1.82, 2.24) is 16.0 Å². The number of carboxylic acids is 1. The monoisotopic (exact) mass is 318 g/mol. The molecule has 0 saturated carbocycles. The zero-order valence-corrected chi connectivity index (χ0v) is 12.6. The summed E-state index contributed by atoms with van der Waals surface area (Å²) in [6, 6.07) is -4.20. The molecule has 7 N–H and O–H groups in total. The Morgan fingerprint density at radius 1 is 0.864 bits per heavy atom. The Balaban J connectivity index is 4.42. The van der Waals surface area contributed by atoms with Crippen molar-refractivity contribution in [1.29, 1.82) is 0 Å². The van der Waals surface area contributed by atoms with E-state index in [2.05, 4.69) is 16.0 Å². The maximum atomic E-state index is 11.8. The van der Waals surface area contributed by atoms with Crippen LogP contribution in [0.5, 0.6) is 0 Å². The fourth-order valence-corrected chi connectivity index (χ4v) is 1.27. The van der Waals surface area contributed by atoms with Crippen molar-refractivity contribution < 1.29 is 29.4 Å². The van der Waals surface area contributed by atoms with Crippen LogP contribution in [0.2, 0.25) is 0 Å². The van der Waals surface area contributed by atoms with E-state index in [0.29, 0.717) is 0 Å². The number of nitrogens with two attached hydrogens (primary N) is 1. The molecule has 0 saturated heterocycles. The van der Waals surface area contributed by atoms with Crippen molar-refractivity contribution in [2.24, 2.45) is 5.73 Å². The molecule has 10 nitrogen and oxygen atoms in total. The third kappa shape index (κ3) is 6.50. The lowest BCUT2D eigenvalue weighted by Crippen LogP contribution is -2.55. The summed E-state index contributed by atoms with van der Waals surface area (Å²) in [5, 5.41) is 24.2. The van der Waals surface area contributed by atoms with E-state index in [1.807, 2.05) is 0 Å². The minimum absolute atomic E-state index is 0.563. The molecule has 0 aromatic carbocycles. The summed E-state index contributed by atoms with van der Waals surface area (Å²) in [4.78, 5) is 45.5. The van der Waals surface area contributed by atoms with E-state index in [-0.39, 0.29) is 0 Å². The Kier molecular flexibility index (Phi) is 8.05. The zero-order chi connectivity index (χ0) is 17.4. The van der Waals surface area contributed by atoms with Crippen LogP contribution in [0.25, 0.3) is 0 Å². The first kappa shape index (κ1) is 19.8. The third-order valence-corrected chi connectivity index (χ3v) is 2.77. The Morgan fingerprint density at radius 3 is 1.59 bits per heavy atom. The van der Waals surface area contributed by atoms with E-state index in [4.69, 9.17) is 15.9 Å². The number of aliphatic hydroxyl groups excluding tert-OH is 1. The summed E-state index contributed by atoms with van der Waals surface area (Å²) in [7, 11) is 0. The second kappa shape index (κ2) is 8.95. The van der Waals surface area contributed by atoms with E-state index in [0.717, 1.165) is 0 Å². The van der Waals surface area contributed by atoms with Gasteiger partial charge in [-0.15, -0.1) is 0 Å². The van der Waals surface area contributed by atoms with Gasteiger partial charge in [0.25, 0.3) is 0 Å². The average molecular weight is 318 g/mol. The number of carboxylic acid groups (broad SMARTS) is 1. The Morgan fingerprint density at radius 2 is 1.23 bits per heavy atom. The molecule has 0 spiro atoms. The summed E-state index contributed by atoms with van der Waals surface area (Å²) in [5.74, 6) is -3.23. The van der Waals surface area contributed by atoms with Crippen molar-refractivity contribution in [3.8, 4) is 0 Å². The van der Waals surface area contributed by atoms with Gasteiger partial charge in [0.2, 0.25) is 17.7 Å². The highest BCUT2D eigenvalue weighted by atomic mass is 16.4. The van der Waals surface area contributed by atoms with Crippen molar-refractivity contribution in [3.63, 3.8) is 0 Å². The van der Waals surface area contributed by atoms with Gasteiger partial charge >= 0.3 is 5.97 Å². The molecule has 4 atom stereocenters. The van der Waals surface area contributed by atoms with Crippen LogP contribution in [0.1, 0.15) is 20.8 Å². The smallest absolute Gasteiger partial charge is 0.325 e. The van der Waals surface area contributed by atoms with Gasteiger partial charge in [-0.2, -0.15) is 0 Å². The summed E-state index contributed by atoms with van der Waals surface area (Å²) in [6.45, 7) is 3.47. The molecular weight excluding hydrogens is 296 g/mol. The molecule has 0 aromatic heterocycles. The van der Waals surface area contributed by atoms with E-state index in [1.54, 1.807) is 0 Å². The molecule has 0 rings (SSSR count). The van der Waals surface area contributed by atoms with Crippen LogP contribution in [0, 0.1) is 0 Å². The molecule has 22 heavy (non-hydrogen) atoms. The molecule has 0 aliphatic carbocycles. The minimum atomic E-state index is -1.20. The molecule has 0 radical (unpaired) electrons. The number of carbonyl (C=O) groups excluding carboxylic acids is 3. The predicted octanol–water partition coefficient (Wildman–Crippen LogP) is -3.10. The van der Waals surface area contributed by atoms with Gasteiger partial charge in [-0.05, 0) is 20.8 Å². The highest BCUT2D eigenvalue weighted by Gasteiger charge is 2.24. The number of rotatable bonds is 8. The lowest BCUT2D eigenvalue weighted by molar-refractivity contribution is -0.141.